The summed E-state index contributed by atoms with van der Waals surface area (Å²) in [6.07, 6.45) is 5.90. The number of aromatic nitrogens is 4. The highest BCUT2D eigenvalue weighted by Gasteiger charge is 2.32. The Morgan fingerprint density at radius 1 is 1.20 bits per heavy atom. The van der Waals surface area contributed by atoms with Crippen molar-refractivity contribution in [3.8, 4) is 0 Å². The van der Waals surface area contributed by atoms with E-state index in [2.05, 4.69) is 17.0 Å². The molecule has 0 radical (unpaired) electrons. The minimum absolute atomic E-state index is 0.0951. The van der Waals surface area contributed by atoms with Crippen LogP contribution in [-0.2, 0) is 0 Å². The van der Waals surface area contributed by atoms with Crippen LogP contribution < -0.4 is 10.6 Å². The Hall–Kier alpha value is -2.94. The van der Waals surface area contributed by atoms with Gasteiger partial charge in [0, 0.05) is 49.6 Å². The van der Waals surface area contributed by atoms with Gasteiger partial charge in [-0.25, -0.2) is 9.50 Å². The van der Waals surface area contributed by atoms with E-state index in [1.807, 2.05) is 28.6 Å². The maximum absolute atomic E-state index is 13.0. The fraction of sp³-hybridized carbons (Fsp3) is 0.524. The number of rotatable bonds is 3. The minimum Gasteiger partial charge on any atom is -0.355 e. The highest BCUT2D eigenvalue weighted by atomic mass is 16.5. The minimum atomic E-state index is -0.131. The van der Waals surface area contributed by atoms with Gasteiger partial charge in [-0.15, -0.1) is 0 Å². The summed E-state index contributed by atoms with van der Waals surface area (Å²) in [5.41, 5.74) is 9.51. The molecule has 9 heteroatoms. The first kappa shape index (κ1) is 19.0. The van der Waals surface area contributed by atoms with Crippen LogP contribution in [0.1, 0.15) is 59.2 Å². The standard InChI is InChI=1S/C21H27N7O2/c1-13-11-28-19(23-20(13)26-8-6-15(22)12-26)10-16(24-28)17-5-3-4-7-27(17)21(29)18-9-14(2)25-30-18/h9-11,15,17H,3-8,12,22H2,1-2H3/t15-,17-/m0/s1. The van der Waals surface area contributed by atoms with Crippen molar-refractivity contribution in [1.29, 1.82) is 0 Å². The van der Waals surface area contributed by atoms with E-state index in [0.717, 1.165) is 61.5 Å². The molecule has 2 fully saturated rings. The van der Waals surface area contributed by atoms with Crippen LogP contribution in [0.5, 0.6) is 0 Å². The first-order valence-electron chi connectivity index (χ1n) is 10.6. The van der Waals surface area contributed by atoms with Crippen LogP contribution in [0, 0.1) is 13.8 Å². The Kier molecular flexibility index (Phi) is 4.69. The summed E-state index contributed by atoms with van der Waals surface area (Å²) in [6, 6.07) is 3.79. The molecule has 0 aromatic carbocycles. The summed E-state index contributed by atoms with van der Waals surface area (Å²) in [4.78, 5) is 22.0. The molecule has 2 saturated heterocycles. The lowest BCUT2D eigenvalue weighted by Gasteiger charge is -2.33. The van der Waals surface area contributed by atoms with Crippen LogP contribution in [-0.4, -0.2) is 56.2 Å². The molecule has 3 aromatic rings. The summed E-state index contributed by atoms with van der Waals surface area (Å²) in [5, 5.41) is 8.64. The van der Waals surface area contributed by atoms with E-state index < -0.39 is 0 Å². The van der Waals surface area contributed by atoms with Gasteiger partial charge < -0.3 is 20.1 Å². The maximum atomic E-state index is 13.0. The molecule has 2 atom stereocenters. The third kappa shape index (κ3) is 3.32. The SMILES string of the molecule is Cc1cc(C(=O)N2CCCC[C@H]2c2cc3nc(N4CC[C@H](N)C4)c(C)cn3n2)on1. The number of aryl methyl sites for hydroxylation is 2. The Balaban J connectivity index is 1.47. The van der Waals surface area contributed by atoms with Gasteiger partial charge in [0.05, 0.1) is 17.4 Å². The summed E-state index contributed by atoms with van der Waals surface area (Å²) in [7, 11) is 0. The van der Waals surface area contributed by atoms with Crippen molar-refractivity contribution in [1.82, 2.24) is 24.7 Å². The van der Waals surface area contributed by atoms with Crippen molar-refractivity contribution >= 4 is 17.4 Å². The Labute approximate surface area is 174 Å². The van der Waals surface area contributed by atoms with Crippen LogP contribution >= 0.6 is 0 Å². The molecule has 0 saturated carbocycles. The van der Waals surface area contributed by atoms with Crippen molar-refractivity contribution in [2.24, 2.45) is 5.73 Å². The summed E-state index contributed by atoms with van der Waals surface area (Å²) < 4.78 is 7.04. The lowest BCUT2D eigenvalue weighted by atomic mass is 9.99. The Morgan fingerprint density at radius 2 is 2.07 bits per heavy atom. The molecule has 0 spiro atoms. The predicted molar refractivity (Wildman–Crippen MR) is 111 cm³/mol. The lowest BCUT2D eigenvalue weighted by molar-refractivity contribution is 0.0563. The molecule has 30 heavy (non-hydrogen) atoms. The molecule has 0 unspecified atom stereocenters. The van der Waals surface area contributed by atoms with Crippen molar-refractivity contribution < 1.29 is 9.32 Å². The average Bonchev–Trinajstić information content (AvgIpc) is 3.46. The van der Waals surface area contributed by atoms with Crippen molar-refractivity contribution in [2.75, 3.05) is 24.5 Å². The number of likely N-dealkylation sites (tertiary alicyclic amines) is 1. The lowest BCUT2D eigenvalue weighted by Crippen LogP contribution is -2.38. The molecular weight excluding hydrogens is 382 g/mol. The number of amides is 1. The largest absolute Gasteiger partial charge is 0.355 e. The highest BCUT2D eigenvalue weighted by Crippen LogP contribution is 2.32. The molecule has 5 rings (SSSR count). The van der Waals surface area contributed by atoms with Crippen LogP contribution in [0.4, 0.5) is 5.82 Å². The molecule has 158 valence electrons. The second-order valence-corrected chi connectivity index (χ2v) is 8.46. The predicted octanol–water partition coefficient (Wildman–Crippen LogP) is 2.24. The highest BCUT2D eigenvalue weighted by molar-refractivity contribution is 5.91. The van der Waals surface area contributed by atoms with Crippen LogP contribution in [0.15, 0.2) is 22.9 Å². The van der Waals surface area contributed by atoms with Gasteiger partial charge >= 0.3 is 0 Å². The smallest absolute Gasteiger partial charge is 0.293 e. The van der Waals surface area contributed by atoms with E-state index in [-0.39, 0.29) is 23.8 Å². The van der Waals surface area contributed by atoms with Gasteiger partial charge in [0.2, 0.25) is 5.76 Å². The Morgan fingerprint density at radius 3 is 2.80 bits per heavy atom. The second-order valence-electron chi connectivity index (χ2n) is 8.46. The van der Waals surface area contributed by atoms with E-state index in [0.29, 0.717) is 12.2 Å². The molecule has 0 bridgehead atoms. The van der Waals surface area contributed by atoms with E-state index in [9.17, 15) is 4.79 Å². The molecule has 9 nitrogen and oxygen atoms in total. The quantitative estimate of drug-likeness (QED) is 0.707. The molecule has 1 amide bonds. The third-order valence-corrected chi connectivity index (χ3v) is 6.09. The van der Waals surface area contributed by atoms with Crippen molar-refractivity contribution in [2.45, 2.75) is 51.6 Å². The first-order chi connectivity index (χ1) is 14.5. The molecule has 0 aliphatic carbocycles. The summed E-state index contributed by atoms with van der Waals surface area (Å²) in [6.45, 7) is 6.30. The van der Waals surface area contributed by atoms with E-state index >= 15 is 0 Å². The van der Waals surface area contributed by atoms with E-state index in [1.165, 1.54) is 0 Å². The van der Waals surface area contributed by atoms with Gasteiger partial charge in [0.15, 0.2) is 5.65 Å². The molecule has 2 N–H and O–H groups in total. The Bertz CT molecular complexity index is 1090. The van der Waals surface area contributed by atoms with Crippen molar-refractivity contribution in [3.63, 3.8) is 0 Å². The van der Waals surface area contributed by atoms with Gasteiger partial charge in [0.25, 0.3) is 5.91 Å². The number of carbonyl (C=O) groups excluding carboxylic acids is 1. The zero-order valence-electron chi connectivity index (χ0n) is 17.4. The topological polar surface area (TPSA) is 106 Å². The van der Waals surface area contributed by atoms with E-state index in [4.69, 9.17) is 20.3 Å². The number of hydrogen-bond acceptors (Lipinski definition) is 7. The molecule has 3 aromatic heterocycles. The fourth-order valence-corrected chi connectivity index (χ4v) is 4.57. The number of nitrogens with two attached hydrogens (primary N) is 1. The zero-order chi connectivity index (χ0) is 20.8. The van der Waals surface area contributed by atoms with Gasteiger partial charge in [-0.2, -0.15) is 5.10 Å². The number of piperidine rings is 1. The molecule has 2 aliphatic heterocycles. The summed E-state index contributed by atoms with van der Waals surface area (Å²) >= 11 is 0. The number of nitrogens with zero attached hydrogens (tertiary/aromatic N) is 6. The van der Waals surface area contributed by atoms with Crippen LogP contribution in [0.2, 0.25) is 0 Å². The number of carbonyl (C=O) groups is 1. The van der Waals surface area contributed by atoms with E-state index in [1.54, 1.807) is 6.07 Å². The van der Waals surface area contributed by atoms with Gasteiger partial charge in [-0.05, 0) is 39.5 Å². The number of hydrogen-bond donors (Lipinski definition) is 1. The third-order valence-electron chi connectivity index (χ3n) is 6.09. The van der Waals surface area contributed by atoms with Gasteiger partial charge in [-0.1, -0.05) is 5.16 Å². The first-order valence-corrected chi connectivity index (χ1v) is 10.6. The van der Waals surface area contributed by atoms with Gasteiger partial charge in [-0.3, -0.25) is 4.79 Å². The fourth-order valence-electron chi connectivity index (χ4n) is 4.57. The zero-order valence-corrected chi connectivity index (χ0v) is 17.4. The summed E-state index contributed by atoms with van der Waals surface area (Å²) in [5.74, 6) is 1.12. The molecular formula is C21H27N7O2. The average molecular weight is 409 g/mol. The number of anilines is 1. The number of fused-ring (bicyclic) bond motifs is 1. The monoisotopic (exact) mass is 409 g/mol. The van der Waals surface area contributed by atoms with Crippen LogP contribution in [0.25, 0.3) is 5.65 Å². The normalized spacial score (nSPS) is 22.2. The maximum Gasteiger partial charge on any atom is 0.293 e. The van der Waals surface area contributed by atoms with Crippen LogP contribution in [0.3, 0.4) is 0 Å². The molecule has 2 aliphatic rings. The van der Waals surface area contributed by atoms with Gasteiger partial charge in [0.1, 0.15) is 5.82 Å². The second kappa shape index (κ2) is 7.39. The van der Waals surface area contributed by atoms with Crippen molar-refractivity contribution in [3.05, 3.63) is 41.0 Å². The molecule has 5 heterocycles.